The van der Waals surface area contributed by atoms with E-state index in [4.69, 9.17) is 5.11 Å². The van der Waals surface area contributed by atoms with E-state index in [1.165, 1.54) is 18.2 Å². The van der Waals surface area contributed by atoms with Crippen molar-refractivity contribution in [3.8, 4) is 0 Å². The van der Waals surface area contributed by atoms with Crippen LogP contribution >= 0.6 is 27.7 Å². The zero-order valence-electron chi connectivity index (χ0n) is 11.3. The second-order valence-corrected chi connectivity index (χ2v) is 6.43. The van der Waals surface area contributed by atoms with Crippen LogP contribution in [0.2, 0.25) is 0 Å². The molecule has 1 aromatic heterocycles. The van der Waals surface area contributed by atoms with Crippen LogP contribution in [0.25, 0.3) is 11.0 Å². The lowest BCUT2D eigenvalue weighted by Gasteiger charge is -2.07. The molecule has 0 radical (unpaired) electrons. The van der Waals surface area contributed by atoms with Gasteiger partial charge in [-0.1, -0.05) is 47.5 Å². The van der Waals surface area contributed by atoms with Crippen molar-refractivity contribution >= 4 is 44.7 Å². The van der Waals surface area contributed by atoms with Gasteiger partial charge in [-0.05, 0) is 24.6 Å². The lowest BCUT2D eigenvalue weighted by atomic mass is 10.2. The van der Waals surface area contributed by atoms with Crippen LogP contribution in [0.5, 0.6) is 0 Å². The van der Waals surface area contributed by atoms with E-state index in [0.717, 1.165) is 40.0 Å². The van der Waals surface area contributed by atoms with Crippen LogP contribution in [0.4, 0.5) is 0 Å². The summed E-state index contributed by atoms with van der Waals surface area (Å²) < 4.78 is 3.11. The maximum atomic E-state index is 10.7. The van der Waals surface area contributed by atoms with Crippen LogP contribution in [-0.4, -0.2) is 26.4 Å². The Morgan fingerprint density at radius 3 is 2.95 bits per heavy atom. The molecule has 0 aliphatic heterocycles. The predicted octanol–water partition coefficient (Wildman–Crippen LogP) is 4.17. The molecular formula is C14H17BrN2O2S. The molecule has 2 rings (SSSR count). The average molecular weight is 357 g/mol. The number of carboxylic acid groups (broad SMARTS) is 1. The summed E-state index contributed by atoms with van der Waals surface area (Å²) in [6.45, 7) is 3.05. The first-order chi connectivity index (χ1) is 9.61. The van der Waals surface area contributed by atoms with Crippen LogP contribution in [0.15, 0.2) is 27.8 Å². The zero-order valence-corrected chi connectivity index (χ0v) is 13.7. The van der Waals surface area contributed by atoms with Gasteiger partial charge in [0.25, 0.3) is 0 Å². The summed E-state index contributed by atoms with van der Waals surface area (Å²) >= 11 is 4.72. The Morgan fingerprint density at radius 1 is 1.45 bits per heavy atom. The Labute approximate surface area is 130 Å². The summed E-state index contributed by atoms with van der Waals surface area (Å²) in [7, 11) is 0. The molecule has 0 amide bonds. The van der Waals surface area contributed by atoms with Gasteiger partial charge in [0.15, 0.2) is 5.16 Å². The third-order valence-electron chi connectivity index (χ3n) is 2.99. The van der Waals surface area contributed by atoms with Crippen LogP contribution < -0.4 is 0 Å². The Kier molecular flexibility index (Phi) is 5.48. The molecule has 108 valence electrons. The van der Waals surface area contributed by atoms with Gasteiger partial charge in [-0.2, -0.15) is 0 Å². The van der Waals surface area contributed by atoms with Crippen molar-refractivity contribution in [3.05, 3.63) is 22.7 Å². The monoisotopic (exact) mass is 356 g/mol. The lowest BCUT2D eigenvalue weighted by Crippen LogP contribution is -2.03. The number of aliphatic carboxylic acids is 1. The Hall–Kier alpha value is -1.01. The summed E-state index contributed by atoms with van der Waals surface area (Å²) in [5.74, 6) is -0.776. The number of imidazole rings is 1. The molecule has 1 aromatic carbocycles. The molecule has 0 saturated carbocycles. The number of carboxylic acids is 1. The Balaban J connectivity index is 2.31. The predicted molar refractivity (Wildman–Crippen MR) is 85.3 cm³/mol. The van der Waals surface area contributed by atoms with Gasteiger partial charge < -0.3 is 9.67 Å². The fourth-order valence-corrected chi connectivity index (χ4v) is 3.16. The minimum atomic E-state index is -0.816. The third kappa shape index (κ3) is 3.76. The average Bonchev–Trinajstić information content (AvgIpc) is 2.74. The Morgan fingerprint density at radius 2 is 2.25 bits per heavy atom. The Bertz CT molecular complexity index is 612. The first kappa shape index (κ1) is 15.4. The van der Waals surface area contributed by atoms with Crippen LogP contribution in [-0.2, 0) is 11.3 Å². The second-order valence-electron chi connectivity index (χ2n) is 4.57. The number of benzene rings is 1. The standard InChI is InChI=1S/C14H17BrN2O2S/c1-2-3-4-7-17-12-6-5-10(15)8-11(12)16-14(17)20-9-13(18)19/h5-6,8H,2-4,7,9H2,1H3,(H,18,19). The van der Waals surface area contributed by atoms with E-state index in [9.17, 15) is 4.79 Å². The van der Waals surface area contributed by atoms with Gasteiger partial charge in [0.1, 0.15) is 0 Å². The number of thioether (sulfide) groups is 1. The molecule has 0 aliphatic rings. The van der Waals surface area contributed by atoms with Crippen molar-refractivity contribution in [1.82, 2.24) is 9.55 Å². The molecule has 20 heavy (non-hydrogen) atoms. The molecule has 0 unspecified atom stereocenters. The van der Waals surface area contributed by atoms with Gasteiger partial charge in [0, 0.05) is 11.0 Å². The molecule has 4 nitrogen and oxygen atoms in total. The van der Waals surface area contributed by atoms with E-state index < -0.39 is 5.97 Å². The number of unbranched alkanes of at least 4 members (excludes halogenated alkanes) is 2. The highest BCUT2D eigenvalue weighted by Gasteiger charge is 2.12. The van der Waals surface area contributed by atoms with E-state index >= 15 is 0 Å². The SMILES string of the molecule is CCCCCn1c(SCC(=O)O)nc2cc(Br)ccc21. The quantitative estimate of drug-likeness (QED) is 0.597. The number of aromatic nitrogens is 2. The largest absolute Gasteiger partial charge is 0.481 e. The molecule has 0 aliphatic carbocycles. The van der Waals surface area contributed by atoms with Gasteiger partial charge in [-0.15, -0.1) is 0 Å². The van der Waals surface area contributed by atoms with E-state index in [0.29, 0.717) is 0 Å². The first-order valence-electron chi connectivity index (χ1n) is 6.62. The van der Waals surface area contributed by atoms with Gasteiger partial charge in [-0.3, -0.25) is 4.79 Å². The maximum Gasteiger partial charge on any atom is 0.313 e. The lowest BCUT2D eigenvalue weighted by molar-refractivity contribution is -0.133. The zero-order chi connectivity index (χ0) is 14.5. The molecule has 0 atom stereocenters. The summed E-state index contributed by atoms with van der Waals surface area (Å²) in [6.07, 6.45) is 3.41. The molecule has 0 saturated heterocycles. The number of fused-ring (bicyclic) bond motifs is 1. The van der Waals surface area contributed by atoms with Crippen molar-refractivity contribution in [2.45, 2.75) is 37.9 Å². The summed E-state index contributed by atoms with van der Waals surface area (Å²) in [5.41, 5.74) is 1.97. The van der Waals surface area contributed by atoms with Gasteiger partial charge in [-0.25, -0.2) is 4.98 Å². The van der Waals surface area contributed by atoms with Gasteiger partial charge in [0.2, 0.25) is 0 Å². The minimum absolute atomic E-state index is 0.0399. The fourth-order valence-electron chi connectivity index (χ4n) is 2.05. The number of rotatable bonds is 7. The number of hydrogen-bond acceptors (Lipinski definition) is 3. The van der Waals surface area contributed by atoms with Crippen LogP contribution in [0.1, 0.15) is 26.2 Å². The van der Waals surface area contributed by atoms with E-state index in [-0.39, 0.29) is 5.75 Å². The van der Waals surface area contributed by atoms with Crippen molar-refractivity contribution in [2.24, 2.45) is 0 Å². The molecule has 2 aromatic rings. The number of nitrogens with zero attached hydrogens (tertiary/aromatic N) is 2. The second kappa shape index (κ2) is 7.13. The highest BCUT2D eigenvalue weighted by molar-refractivity contribution is 9.10. The van der Waals surface area contributed by atoms with Crippen LogP contribution in [0.3, 0.4) is 0 Å². The van der Waals surface area contributed by atoms with Gasteiger partial charge >= 0.3 is 5.97 Å². The smallest absolute Gasteiger partial charge is 0.313 e. The molecule has 0 fully saturated rings. The third-order valence-corrected chi connectivity index (χ3v) is 4.44. The first-order valence-corrected chi connectivity index (χ1v) is 8.40. The van der Waals surface area contributed by atoms with Crippen molar-refractivity contribution < 1.29 is 9.90 Å². The summed E-state index contributed by atoms with van der Waals surface area (Å²) in [4.78, 5) is 15.3. The number of hydrogen-bond donors (Lipinski definition) is 1. The molecule has 1 N–H and O–H groups in total. The number of aryl methyl sites for hydroxylation is 1. The molecular weight excluding hydrogens is 340 g/mol. The van der Waals surface area contributed by atoms with Crippen molar-refractivity contribution in [3.63, 3.8) is 0 Å². The number of carbonyl (C=O) groups is 1. The molecule has 1 heterocycles. The topological polar surface area (TPSA) is 55.1 Å². The highest BCUT2D eigenvalue weighted by Crippen LogP contribution is 2.27. The summed E-state index contributed by atoms with van der Waals surface area (Å²) in [6, 6.07) is 5.99. The summed E-state index contributed by atoms with van der Waals surface area (Å²) in [5, 5.41) is 9.62. The molecule has 0 spiro atoms. The minimum Gasteiger partial charge on any atom is -0.481 e. The van der Waals surface area contributed by atoms with E-state index in [1.54, 1.807) is 0 Å². The number of halogens is 1. The van der Waals surface area contributed by atoms with Crippen LogP contribution in [0, 0.1) is 0 Å². The van der Waals surface area contributed by atoms with Crippen molar-refractivity contribution in [1.29, 1.82) is 0 Å². The van der Waals surface area contributed by atoms with Gasteiger partial charge in [0.05, 0.1) is 16.8 Å². The fraction of sp³-hybridized carbons (Fsp3) is 0.429. The molecule has 6 heteroatoms. The van der Waals surface area contributed by atoms with Crippen molar-refractivity contribution in [2.75, 3.05) is 5.75 Å². The normalized spacial score (nSPS) is 11.1. The maximum absolute atomic E-state index is 10.7. The van der Waals surface area contributed by atoms with E-state index in [1.807, 2.05) is 18.2 Å². The van der Waals surface area contributed by atoms with E-state index in [2.05, 4.69) is 32.4 Å². The highest BCUT2D eigenvalue weighted by atomic mass is 79.9. The molecule has 0 bridgehead atoms.